The molecule has 1 aromatic rings. The highest BCUT2D eigenvalue weighted by Gasteiger charge is 2.31. The number of aryl methyl sites for hydroxylation is 1. The summed E-state index contributed by atoms with van der Waals surface area (Å²) in [6, 6.07) is 5.42. The number of ether oxygens (including phenoxy) is 2. The first-order valence-electron chi connectivity index (χ1n) is 8.12. The van der Waals surface area contributed by atoms with E-state index in [1.807, 2.05) is 39.8 Å². The lowest BCUT2D eigenvalue weighted by molar-refractivity contribution is 0.0117. The van der Waals surface area contributed by atoms with Crippen LogP contribution in [0.15, 0.2) is 18.2 Å². The Morgan fingerprint density at radius 3 is 2.58 bits per heavy atom. The van der Waals surface area contributed by atoms with E-state index >= 15 is 0 Å². The maximum Gasteiger partial charge on any atom is 0.410 e. The number of benzene rings is 1. The van der Waals surface area contributed by atoms with Gasteiger partial charge in [0.1, 0.15) is 5.60 Å². The van der Waals surface area contributed by atoms with Crippen LogP contribution in [0.5, 0.6) is 0 Å². The van der Waals surface area contributed by atoms with Crippen LogP contribution in [0.1, 0.15) is 48.3 Å². The number of piperazine rings is 1. The highest BCUT2D eigenvalue weighted by Crippen LogP contribution is 2.26. The minimum Gasteiger partial charge on any atom is -0.465 e. The van der Waals surface area contributed by atoms with Crippen LogP contribution in [0.2, 0.25) is 0 Å². The molecule has 1 aliphatic heterocycles. The fourth-order valence-electron chi connectivity index (χ4n) is 2.77. The first-order chi connectivity index (χ1) is 11.2. The predicted octanol–water partition coefficient (Wildman–Crippen LogP) is 2.66. The topological polar surface area (TPSA) is 67.9 Å². The van der Waals surface area contributed by atoms with Crippen molar-refractivity contribution in [2.24, 2.45) is 0 Å². The minimum absolute atomic E-state index is 0.126. The number of hydrogen-bond acceptors (Lipinski definition) is 5. The van der Waals surface area contributed by atoms with Gasteiger partial charge in [0.2, 0.25) is 0 Å². The molecule has 0 aromatic heterocycles. The lowest BCUT2D eigenvalue weighted by atomic mass is 9.98. The molecule has 1 saturated heterocycles. The quantitative estimate of drug-likeness (QED) is 0.842. The number of carbonyl (C=O) groups excluding carboxylic acids is 2. The molecule has 24 heavy (non-hydrogen) atoms. The third kappa shape index (κ3) is 4.26. The van der Waals surface area contributed by atoms with Crippen LogP contribution < -0.4 is 5.32 Å². The zero-order chi connectivity index (χ0) is 17.9. The van der Waals surface area contributed by atoms with Crippen molar-refractivity contribution in [1.29, 1.82) is 0 Å². The molecule has 1 aliphatic rings. The van der Waals surface area contributed by atoms with E-state index in [0.717, 1.165) is 17.7 Å². The van der Waals surface area contributed by atoms with Gasteiger partial charge in [-0.2, -0.15) is 0 Å². The molecule has 0 saturated carbocycles. The highest BCUT2D eigenvalue weighted by molar-refractivity contribution is 5.91. The SMILES string of the molecule is COC(=O)c1ccc(C2CNCCN2C(=O)OC(C)(C)C)cc1C. The van der Waals surface area contributed by atoms with Crippen molar-refractivity contribution in [3.63, 3.8) is 0 Å². The molecule has 6 nitrogen and oxygen atoms in total. The van der Waals surface area contributed by atoms with Crippen LogP contribution in [0.3, 0.4) is 0 Å². The molecule has 1 N–H and O–H groups in total. The second kappa shape index (κ2) is 7.21. The Kier molecular flexibility index (Phi) is 5.49. The Bertz CT molecular complexity index is 622. The Hall–Kier alpha value is -2.08. The molecule has 1 unspecified atom stereocenters. The van der Waals surface area contributed by atoms with Gasteiger partial charge in [-0.05, 0) is 44.9 Å². The molecule has 1 heterocycles. The fourth-order valence-corrected chi connectivity index (χ4v) is 2.77. The van der Waals surface area contributed by atoms with E-state index in [9.17, 15) is 9.59 Å². The van der Waals surface area contributed by atoms with Gasteiger partial charge in [0.15, 0.2) is 0 Å². The van der Waals surface area contributed by atoms with E-state index < -0.39 is 5.60 Å². The van der Waals surface area contributed by atoms with Crippen LogP contribution in [-0.2, 0) is 9.47 Å². The van der Waals surface area contributed by atoms with E-state index in [2.05, 4.69) is 5.32 Å². The number of nitrogens with zero attached hydrogens (tertiary/aromatic N) is 1. The second-order valence-corrected chi connectivity index (χ2v) is 6.96. The fraction of sp³-hybridized carbons (Fsp3) is 0.556. The van der Waals surface area contributed by atoms with Crippen LogP contribution in [0, 0.1) is 6.92 Å². The van der Waals surface area contributed by atoms with Gasteiger partial charge in [0.25, 0.3) is 0 Å². The van der Waals surface area contributed by atoms with Crippen molar-refractivity contribution in [2.75, 3.05) is 26.7 Å². The Morgan fingerprint density at radius 1 is 1.29 bits per heavy atom. The van der Waals surface area contributed by atoms with Gasteiger partial charge in [-0.1, -0.05) is 12.1 Å². The van der Waals surface area contributed by atoms with Crippen molar-refractivity contribution < 1.29 is 19.1 Å². The molecule has 0 aliphatic carbocycles. The molecule has 0 radical (unpaired) electrons. The van der Waals surface area contributed by atoms with Crippen molar-refractivity contribution in [1.82, 2.24) is 10.2 Å². The van der Waals surface area contributed by atoms with Crippen molar-refractivity contribution in [3.05, 3.63) is 34.9 Å². The lowest BCUT2D eigenvalue weighted by Gasteiger charge is -2.37. The van der Waals surface area contributed by atoms with Gasteiger partial charge in [0, 0.05) is 19.6 Å². The van der Waals surface area contributed by atoms with E-state index in [0.29, 0.717) is 18.7 Å². The first-order valence-corrected chi connectivity index (χ1v) is 8.12. The zero-order valence-electron chi connectivity index (χ0n) is 15.0. The first kappa shape index (κ1) is 18.3. The summed E-state index contributed by atoms with van der Waals surface area (Å²) in [5, 5.41) is 3.31. The van der Waals surface area contributed by atoms with Crippen LogP contribution >= 0.6 is 0 Å². The molecule has 132 valence electrons. The molecule has 1 fully saturated rings. The minimum atomic E-state index is -0.531. The predicted molar refractivity (Wildman–Crippen MR) is 91.1 cm³/mol. The molecule has 1 amide bonds. The summed E-state index contributed by atoms with van der Waals surface area (Å²) in [6.45, 7) is 9.40. The number of carbonyl (C=O) groups is 2. The third-order valence-electron chi connectivity index (χ3n) is 3.91. The Labute approximate surface area is 143 Å². The average molecular weight is 334 g/mol. The molecule has 0 spiro atoms. The number of esters is 1. The van der Waals surface area contributed by atoms with Crippen LogP contribution in [-0.4, -0.2) is 49.3 Å². The molecule has 1 aromatic carbocycles. The summed E-state index contributed by atoms with van der Waals surface area (Å²) in [6.07, 6.45) is -0.316. The van der Waals surface area contributed by atoms with Crippen molar-refractivity contribution >= 4 is 12.1 Å². The highest BCUT2D eigenvalue weighted by atomic mass is 16.6. The Balaban J connectivity index is 2.26. The maximum atomic E-state index is 12.5. The average Bonchev–Trinajstić information content (AvgIpc) is 2.52. The second-order valence-electron chi connectivity index (χ2n) is 6.96. The summed E-state index contributed by atoms with van der Waals surface area (Å²) in [5.41, 5.74) is 1.80. The van der Waals surface area contributed by atoms with Gasteiger partial charge in [-0.25, -0.2) is 9.59 Å². The summed E-state index contributed by atoms with van der Waals surface area (Å²) >= 11 is 0. The maximum absolute atomic E-state index is 12.5. The monoisotopic (exact) mass is 334 g/mol. The summed E-state index contributed by atoms with van der Waals surface area (Å²) < 4.78 is 10.3. The largest absolute Gasteiger partial charge is 0.465 e. The number of nitrogens with one attached hydrogen (secondary N) is 1. The summed E-state index contributed by atoms with van der Waals surface area (Å²) in [5.74, 6) is -0.357. The summed E-state index contributed by atoms with van der Waals surface area (Å²) in [4.78, 5) is 26.0. The van der Waals surface area contributed by atoms with Crippen molar-refractivity contribution in [2.45, 2.75) is 39.3 Å². The third-order valence-corrected chi connectivity index (χ3v) is 3.91. The van der Waals surface area contributed by atoms with E-state index in [-0.39, 0.29) is 18.1 Å². The van der Waals surface area contributed by atoms with Gasteiger partial charge < -0.3 is 14.8 Å². The number of rotatable bonds is 2. The number of methoxy groups -OCH3 is 1. The molecular formula is C18H26N2O4. The lowest BCUT2D eigenvalue weighted by Crippen LogP contribution is -2.50. The normalized spacial score (nSPS) is 18.2. The van der Waals surface area contributed by atoms with Crippen LogP contribution in [0.25, 0.3) is 0 Å². The van der Waals surface area contributed by atoms with Crippen LogP contribution in [0.4, 0.5) is 4.79 Å². The zero-order valence-corrected chi connectivity index (χ0v) is 15.0. The smallest absolute Gasteiger partial charge is 0.410 e. The number of amides is 1. The van der Waals surface area contributed by atoms with Gasteiger partial charge in [-0.15, -0.1) is 0 Å². The molecule has 6 heteroatoms. The molecule has 0 bridgehead atoms. The van der Waals surface area contributed by atoms with E-state index in [4.69, 9.17) is 9.47 Å². The van der Waals surface area contributed by atoms with E-state index in [1.54, 1.807) is 11.0 Å². The van der Waals surface area contributed by atoms with Gasteiger partial charge in [0.05, 0.1) is 18.7 Å². The van der Waals surface area contributed by atoms with Gasteiger partial charge >= 0.3 is 12.1 Å². The van der Waals surface area contributed by atoms with E-state index in [1.165, 1.54) is 7.11 Å². The number of hydrogen-bond donors (Lipinski definition) is 1. The molecule has 1 atom stereocenters. The molecule has 2 rings (SSSR count). The summed E-state index contributed by atoms with van der Waals surface area (Å²) in [7, 11) is 1.37. The van der Waals surface area contributed by atoms with Crippen molar-refractivity contribution in [3.8, 4) is 0 Å². The van der Waals surface area contributed by atoms with Gasteiger partial charge in [-0.3, -0.25) is 4.90 Å². The standard InChI is InChI=1S/C18H26N2O4/c1-12-10-13(6-7-14(12)16(21)23-5)15-11-19-8-9-20(15)17(22)24-18(2,3)4/h6-7,10,15,19H,8-9,11H2,1-5H3. The Morgan fingerprint density at radius 2 is 2.00 bits per heavy atom. The molecular weight excluding hydrogens is 308 g/mol.